The number of aliphatic hydroxyl groups excluding tert-OH is 1. The Hall–Kier alpha value is -0.770. The number of rotatable bonds is 7. The molecule has 0 saturated heterocycles. The number of anilines is 1. The molecule has 0 aliphatic heterocycles. The fourth-order valence-electron chi connectivity index (χ4n) is 2.21. The Morgan fingerprint density at radius 1 is 1.29 bits per heavy atom. The number of halogens is 1. The normalized spacial score (nSPS) is 12.0. The zero-order chi connectivity index (χ0) is 16.0. The first-order valence-corrected chi connectivity index (χ1v) is 8.03. The van der Waals surface area contributed by atoms with Crippen molar-refractivity contribution >= 4 is 17.3 Å². The molecule has 0 aliphatic carbocycles. The lowest BCUT2D eigenvalue weighted by atomic mass is 10.1. The third kappa shape index (κ3) is 6.25. The Labute approximate surface area is 134 Å². The lowest BCUT2D eigenvalue weighted by molar-refractivity contribution is 0.288. The summed E-state index contributed by atoms with van der Waals surface area (Å²) < 4.78 is 0. The molecule has 0 bridgehead atoms. The van der Waals surface area contributed by atoms with E-state index in [-0.39, 0.29) is 12.1 Å². The van der Waals surface area contributed by atoms with Gasteiger partial charge in [-0.2, -0.15) is 0 Å². The summed E-state index contributed by atoms with van der Waals surface area (Å²) in [4.78, 5) is 2.31. The molecule has 3 nitrogen and oxygen atoms in total. The topological polar surface area (TPSA) is 35.5 Å². The van der Waals surface area contributed by atoms with Crippen molar-refractivity contribution in [2.45, 2.75) is 59.2 Å². The maximum absolute atomic E-state index is 9.11. The minimum atomic E-state index is 0.0741. The second-order valence-electron chi connectivity index (χ2n) is 6.74. The molecule has 0 amide bonds. The van der Waals surface area contributed by atoms with E-state index in [0.717, 1.165) is 30.2 Å². The zero-order valence-corrected chi connectivity index (χ0v) is 14.7. The molecule has 1 aromatic rings. The van der Waals surface area contributed by atoms with Crippen LogP contribution in [0, 0.1) is 0 Å². The molecule has 0 unspecified atom stereocenters. The predicted octanol–water partition coefficient (Wildman–Crippen LogP) is 3.83. The van der Waals surface area contributed by atoms with Crippen molar-refractivity contribution in [3.63, 3.8) is 0 Å². The van der Waals surface area contributed by atoms with Crippen molar-refractivity contribution in [3.8, 4) is 0 Å². The molecule has 0 saturated carbocycles. The summed E-state index contributed by atoms with van der Waals surface area (Å²) in [5.74, 6) is 0. The molecule has 0 aliphatic rings. The molecule has 120 valence electrons. The van der Waals surface area contributed by atoms with Gasteiger partial charge in [0.15, 0.2) is 0 Å². The molecule has 21 heavy (non-hydrogen) atoms. The number of hydrogen-bond donors (Lipinski definition) is 2. The van der Waals surface area contributed by atoms with Gasteiger partial charge in [0.2, 0.25) is 0 Å². The van der Waals surface area contributed by atoms with Crippen molar-refractivity contribution in [2.75, 3.05) is 18.1 Å². The van der Waals surface area contributed by atoms with Gasteiger partial charge in [-0.3, -0.25) is 0 Å². The van der Waals surface area contributed by atoms with Gasteiger partial charge in [-0.25, -0.2) is 0 Å². The molecule has 0 atom stereocenters. The van der Waals surface area contributed by atoms with Gasteiger partial charge in [-0.1, -0.05) is 17.7 Å². The molecule has 2 N–H and O–H groups in total. The van der Waals surface area contributed by atoms with Gasteiger partial charge >= 0.3 is 0 Å². The molecular formula is C17H29ClN2O. The first kappa shape index (κ1) is 18.3. The molecule has 1 aromatic carbocycles. The number of hydrogen-bond acceptors (Lipinski definition) is 3. The molecule has 0 spiro atoms. The standard InChI is InChI=1S/C17H29ClN2O/c1-13(2)20(9-6-10-21)16-11-15(18)8-7-14(16)12-19-17(3,4)5/h7-8,11,13,19,21H,6,9-10,12H2,1-5H3. The van der Waals surface area contributed by atoms with Crippen LogP contribution in [0.2, 0.25) is 5.02 Å². The summed E-state index contributed by atoms with van der Waals surface area (Å²) in [6, 6.07) is 6.42. The molecule has 0 radical (unpaired) electrons. The van der Waals surface area contributed by atoms with E-state index in [2.05, 4.69) is 50.9 Å². The Morgan fingerprint density at radius 2 is 1.95 bits per heavy atom. The van der Waals surface area contributed by atoms with Crippen molar-refractivity contribution in [3.05, 3.63) is 28.8 Å². The van der Waals surface area contributed by atoms with Gasteiger partial charge in [0.1, 0.15) is 0 Å². The lowest BCUT2D eigenvalue weighted by Crippen LogP contribution is -2.37. The first-order chi connectivity index (χ1) is 9.74. The van der Waals surface area contributed by atoms with Crippen molar-refractivity contribution in [2.24, 2.45) is 0 Å². The average Bonchev–Trinajstić information content (AvgIpc) is 2.36. The van der Waals surface area contributed by atoms with E-state index in [1.807, 2.05) is 12.1 Å². The van der Waals surface area contributed by atoms with Crippen LogP contribution in [0.3, 0.4) is 0 Å². The highest BCUT2D eigenvalue weighted by Crippen LogP contribution is 2.27. The molecule has 1 rings (SSSR count). The lowest BCUT2D eigenvalue weighted by Gasteiger charge is -2.32. The SMILES string of the molecule is CC(C)N(CCCO)c1cc(Cl)ccc1CNC(C)(C)C. The summed E-state index contributed by atoms with van der Waals surface area (Å²) >= 11 is 6.19. The predicted molar refractivity (Wildman–Crippen MR) is 92.2 cm³/mol. The molecule has 0 heterocycles. The highest BCUT2D eigenvalue weighted by Gasteiger charge is 2.16. The van der Waals surface area contributed by atoms with E-state index in [1.54, 1.807) is 0 Å². The van der Waals surface area contributed by atoms with Crippen LogP contribution < -0.4 is 10.2 Å². The van der Waals surface area contributed by atoms with Crippen molar-refractivity contribution in [1.82, 2.24) is 5.32 Å². The Balaban J connectivity index is 3.03. The van der Waals surface area contributed by atoms with Gasteiger partial charge in [-0.15, -0.1) is 0 Å². The van der Waals surface area contributed by atoms with Gasteiger partial charge in [0.25, 0.3) is 0 Å². The van der Waals surface area contributed by atoms with E-state index in [0.29, 0.717) is 6.04 Å². The van der Waals surface area contributed by atoms with Crippen LogP contribution in [-0.4, -0.2) is 29.8 Å². The van der Waals surface area contributed by atoms with Crippen LogP contribution in [0.1, 0.15) is 46.6 Å². The third-order valence-electron chi connectivity index (χ3n) is 3.35. The number of nitrogens with one attached hydrogen (secondary N) is 1. The summed E-state index contributed by atoms with van der Waals surface area (Å²) in [5.41, 5.74) is 2.47. The van der Waals surface area contributed by atoms with Crippen LogP contribution in [0.25, 0.3) is 0 Å². The fraction of sp³-hybridized carbons (Fsp3) is 0.647. The van der Waals surface area contributed by atoms with Gasteiger partial charge in [0.05, 0.1) is 0 Å². The monoisotopic (exact) mass is 312 g/mol. The van der Waals surface area contributed by atoms with Crippen LogP contribution in [0.15, 0.2) is 18.2 Å². The Morgan fingerprint density at radius 3 is 2.48 bits per heavy atom. The molecular weight excluding hydrogens is 284 g/mol. The highest BCUT2D eigenvalue weighted by atomic mass is 35.5. The van der Waals surface area contributed by atoms with Gasteiger partial charge < -0.3 is 15.3 Å². The average molecular weight is 313 g/mol. The van der Waals surface area contributed by atoms with Crippen LogP contribution in [-0.2, 0) is 6.54 Å². The second kappa shape index (κ2) is 8.02. The smallest absolute Gasteiger partial charge is 0.0447 e. The summed E-state index contributed by atoms with van der Waals surface area (Å²) in [7, 11) is 0. The van der Waals surface area contributed by atoms with E-state index in [4.69, 9.17) is 16.7 Å². The summed E-state index contributed by atoms with van der Waals surface area (Å²) in [6.07, 6.45) is 0.761. The number of nitrogens with zero attached hydrogens (tertiary/aromatic N) is 1. The largest absolute Gasteiger partial charge is 0.396 e. The second-order valence-corrected chi connectivity index (χ2v) is 7.18. The quantitative estimate of drug-likeness (QED) is 0.803. The van der Waals surface area contributed by atoms with Gasteiger partial charge in [-0.05, 0) is 58.7 Å². The minimum Gasteiger partial charge on any atom is -0.396 e. The highest BCUT2D eigenvalue weighted by molar-refractivity contribution is 6.30. The molecule has 0 aromatic heterocycles. The summed E-state index contributed by atoms with van der Waals surface area (Å²) in [5, 5.41) is 13.4. The van der Waals surface area contributed by atoms with E-state index < -0.39 is 0 Å². The van der Waals surface area contributed by atoms with Crippen LogP contribution in [0.4, 0.5) is 5.69 Å². The van der Waals surface area contributed by atoms with E-state index >= 15 is 0 Å². The Bertz CT molecular complexity index is 441. The maximum Gasteiger partial charge on any atom is 0.0447 e. The van der Waals surface area contributed by atoms with E-state index in [1.165, 1.54) is 5.56 Å². The fourth-order valence-corrected chi connectivity index (χ4v) is 2.38. The maximum atomic E-state index is 9.11. The van der Waals surface area contributed by atoms with Crippen LogP contribution >= 0.6 is 11.6 Å². The van der Waals surface area contributed by atoms with Crippen LogP contribution in [0.5, 0.6) is 0 Å². The zero-order valence-electron chi connectivity index (χ0n) is 13.9. The summed E-state index contributed by atoms with van der Waals surface area (Å²) in [6.45, 7) is 12.7. The number of aliphatic hydroxyl groups is 1. The van der Waals surface area contributed by atoms with Crippen molar-refractivity contribution < 1.29 is 5.11 Å². The minimum absolute atomic E-state index is 0.0741. The van der Waals surface area contributed by atoms with Crippen molar-refractivity contribution in [1.29, 1.82) is 0 Å². The molecule has 0 fully saturated rings. The molecule has 4 heteroatoms. The first-order valence-electron chi connectivity index (χ1n) is 7.65. The van der Waals surface area contributed by atoms with E-state index in [9.17, 15) is 0 Å². The van der Waals surface area contributed by atoms with Gasteiger partial charge in [0, 0.05) is 42.0 Å². The third-order valence-corrected chi connectivity index (χ3v) is 3.58. The number of benzene rings is 1. The Kier molecular flexibility index (Phi) is 6.98.